The summed E-state index contributed by atoms with van der Waals surface area (Å²) in [5.41, 5.74) is 0. The van der Waals surface area contributed by atoms with Gasteiger partial charge in [-0.3, -0.25) is 0 Å². The van der Waals surface area contributed by atoms with Gasteiger partial charge in [0.2, 0.25) is 0 Å². The molecule has 1 nitrogen and oxygen atoms in total. The van der Waals surface area contributed by atoms with Crippen molar-refractivity contribution in [3.63, 3.8) is 0 Å². The molecule has 0 aromatic heterocycles. The van der Waals surface area contributed by atoms with Crippen LogP contribution in [0.5, 0.6) is 0 Å². The number of hydrogen-bond acceptors (Lipinski definition) is 0. The summed E-state index contributed by atoms with van der Waals surface area (Å²) in [6, 6.07) is 50.0. The minimum atomic E-state index is 0. The Labute approximate surface area is 168 Å². The average Bonchev–Trinajstić information content (AvgIpc) is 2.75. The van der Waals surface area contributed by atoms with Gasteiger partial charge in [-0.1, -0.05) is 0 Å². The monoisotopic (exact) mass is 387 g/mol. The summed E-state index contributed by atoms with van der Waals surface area (Å²) in [5.74, 6) is 0. The summed E-state index contributed by atoms with van der Waals surface area (Å²) < 4.78 is 0. The van der Waals surface area contributed by atoms with Crippen molar-refractivity contribution in [3.8, 4) is 0 Å². The van der Waals surface area contributed by atoms with E-state index < -0.39 is 0 Å². The molecule has 0 bridgehead atoms. The van der Waals surface area contributed by atoms with Crippen LogP contribution in [0.15, 0.2) is 121 Å². The molecule has 4 aromatic carbocycles. The van der Waals surface area contributed by atoms with E-state index in [2.05, 4.69) is 24.3 Å². The third-order valence-electron chi connectivity index (χ3n) is 2.43. The van der Waals surface area contributed by atoms with Crippen LogP contribution in [0, 0.1) is 24.3 Å². The maximum atomic E-state index is 2.89. The van der Waals surface area contributed by atoms with Gasteiger partial charge in [-0.25, -0.2) is 0 Å². The van der Waals surface area contributed by atoms with Crippen molar-refractivity contribution < 1.29 is 17.1 Å². The van der Waals surface area contributed by atoms with Crippen LogP contribution in [0.3, 0.4) is 0 Å². The molecule has 0 spiro atoms. The van der Waals surface area contributed by atoms with E-state index in [-0.39, 0.29) is 23.2 Å². The van der Waals surface area contributed by atoms with Crippen molar-refractivity contribution in [2.45, 2.75) is 0 Å². The van der Waals surface area contributed by atoms with Crippen LogP contribution in [0.4, 0.5) is 0 Å². The third-order valence-corrected chi connectivity index (χ3v) is 2.43. The first-order chi connectivity index (χ1) is 12.0. The molecule has 0 aliphatic heterocycles. The summed E-state index contributed by atoms with van der Waals surface area (Å²) >= 11 is 0. The molecule has 1 radical (unpaired) electrons. The molecule has 4 rings (SSSR count). The fraction of sp³-hybridized carbons (Fsp3) is 0. The fourth-order valence-electron chi connectivity index (χ4n) is 1.37. The predicted octanol–water partition coefficient (Wildman–Crippen LogP) is 6.66. The van der Waals surface area contributed by atoms with Crippen LogP contribution >= 0.6 is 0 Å². The van der Waals surface area contributed by atoms with Gasteiger partial charge in [0.1, 0.15) is 0 Å². The molecule has 0 heterocycles. The van der Waals surface area contributed by atoms with E-state index in [1.54, 1.807) is 0 Å². The zero-order chi connectivity index (χ0) is 17.0. The fourth-order valence-corrected chi connectivity index (χ4v) is 1.37. The van der Waals surface area contributed by atoms with Gasteiger partial charge in [-0.05, 0) is 0 Å². The summed E-state index contributed by atoms with van der Waals surface area (Å²) in [4.78, 5) is 0. The average molecular weight is 388 g/mol. The number of hydrogen-bond donors (Lipinski definition) is 0. The Hall–Kier alpha value is -2.64. The van der Waals surface area contributed by atoms with E-state index in [1.165, 1.54) is 0 Å². The van der Waals surface area contributed by atoms with Crippen molar-refractivity contribution >= 4 is 0 Å². The topological polar surface area (TPSA) is 33.5 Å². The Bertz CT molecular complexity index is 426. The summed E-state index contributed by atoms with van der Waals surface area (Å²) in [5, 5.41) is 0. The Morgan fingerprint density at radius 1 is 0.269 bits per heavy atom. The van der Waals surface area contributed by atoms with Crippen LogP contribution in [-0.2, 0) is 17.1 Å². The minimum absolute atomic E-state index is 0. The molecular weight excluding hydrogens is 366 g/mol. The number of rotatable bonds is 0. The second-order valence-electron chi connectivity index (χ2n) is 4.31. The van der Waals surface area contributed by atoms with Crippen LogP contribution in [0.2, 0.25) is 0 Å². The van der Waals surface area contributed by atoms with Crippen LogP contribution < -0.4 is 0 Å². The van der Waals surface area contributed by atoms with Crippen molar-refractivity contribution in [2.75, 3.05) is 0 Å². The maximum absolute atomic E-state index is 2.89. The molecule has 0 unspecified atom stereocenters. The molecule has 0 aliphatic rings. The molecule has 0 amide bonds. The standard InChI is InChI=1S/4C6H5.Cu.H2N/c4*1-2-4-6-5-3-1;;/h4*1-5H;;1H2/q4*-1;;-1. The van der Waals surface area contributed by atoms with Gasteiger partial charge >= 0.3 is 0 Å². The Morgan fingerprint density at radius 2 is 0.423 bits per heavy atom. The molecule has 0 fully saturated rings. The first-order valence-electron chi connectivity index (χ1n) is 7.64. The van der Waals surface area contributed by atoms with Gasteiger partial charge in [0, 0.05) is 17.1 Å². The normalized spacial score (nSPS) is 7.38. The molecule has 0 saturated carbocycles. The van der Waals surface area contributed by atoms with Crippen molar-refractivity contribution in [2.24, 2.45) is 0 Å². The quantitative estimate of drug-likeness (QED) is 0.239. The van der Waals surface area contributed by atoms with E-state index in [4.69, 9.17) is 0 Å². The first kappa shape index (κ1) is 25.6. The molecule has 0 aliphatic carbocycles. The smallest absolute Gasteiger partial charge is 0 e. The molecule has 2 N–H and O–H groups in total. The SMILES string of the molecule is [Cu].[NH2-].[c-]1ccccc1.[c-]1ccccc1.[c-]1ccccc1.[c-]1ccccc1. The second kappa shape index (κ2) is 22.4. The van der Waals surface area contributed by atoms with Gasteiger partial charge in [0.15, 0.2) is 0 Å². The van der Waals surface area contributed by atoms with E-state index >= 15 is 0 Å². The molecule has 0 atom stereocenters. The van der Waals surface area contributed by atoms with Gasteiger partial charge in [-0.2, -0.15) is 146 Å². The van der Waals surface area contributed by atoms with Gasteiger partial charge in [-0.15, -0.1) is 0 Å². The van der Waals surface area contributed by atoms with Gasteiger partial charge < -0.3 is 6.15 Å². The summed E-state index contributed by atoms with van der Waals surface area (Å²) in [6.07, 6.45) is 0. The second-order valence-corrected chi connectivity index (χ2v) is 4.31. The Kier molecular flexibility index (Phi) is 22.0. The molecule has 26 heavy (non-hydrogen) atoms. The zero-order valence-electron chi connectivity index (χ0n) is 14.4. The Morgan fingerprint density at radius 3 is 0.462 bits per heavy atom. The predicted molar refractivity (Wildman–Crippen MR) is 106 cm³/mol. The zero-order valence-corrected chi connectivity index (χ0v) is 15.4. The van der Waals surface area contributed by atoms with E-state index in [0.717, 1.165) is 0 Å². The van der Waals surface area contributed by atoms with Crippen molar-refractivity contribution in [3.05, 3.63) is 152 Å². The van der Waals surface area contributed by atoms with Crippen molar-refractivity contribution in [1.29, 1.82) is 0 Å². The molecule has 0 saturated heterocycles. The minimum Gasteiger partial charge on any atom is -0.693 e. The van der Waals surface area contributed by atoms with Crippen LogP contribution in [-0.4, -0.2) is 0 Å². The Balaban J connectivity index is 0. The molecule has 139 valence electrons. The third kappa shape index (κ3) is 19.4. The molecule has 2 heteroatoms. The van der Waals surface area contributed by atoms with Crippen molar-refractivity contribution in [1.82, 2.24) is 0 Å². The molecular formula is C24H22CuN-5. The van der Waals surface area contributed by atoms with E-state index in [1.807, 2.05) is 121 Å². The van der Waals surface area contributed by atoms with Gasteiger partial charge in [0.25, 0.3) is 0 Å². The van der Waals surface area contributed by atoms with Crippen LogP contribution in [0.25, 0.3) is 6.15 Å². The van der Waals surface area contributed by atoms with Crippen LogP contribution in [0.1, 0.15) is 0 Å². The largest absolute Gasteiger partial charge is 0.693 e. The maximum Gasteiger partial charge on any atom is 0 e. The first-order valence-corrected chi connectivity index (χ1v) is 7.64. The number of benzene rings is 4. The van der Waals surface area contributed by atoms with E-state index in [9.17, 15) is 0 Å². The van der Waals surface area contributed by atoms with E-state index in [0.29, 0.717) is 0 Å². The summed E-state index contributed by atoms with van der Waals surface area (Å²) in [7, 11) is 0. The molecule has 4 aromatic rings. The summed E-state index contributed by atoms with van der Waals surface area (Å²) in [6.45, 7) is 0. The number of nitrogens with two attached hydrogens (primary N) is 1. The van der Waals surface area contributed by atoms with Gasteiger partial charge in [0.05, 0.1) is 0 Å².